The molecule has 0 aromatic heterocycles. The van der Waals surface area contributed by atoms with Gasteiger partial charge >= 0.3 is 0 Å². The Bertz CT molecular complexity index is 143. The summed E-state index contributed by atoms with van der Waals surface area (Å²) in [6, 6.07) is 0.586. The van der Waals surface area contributed by atoms with E-state index in [1.807, 2.05) is 0 Å². The smallest absolute Gasteiger partial charge is 0.0630 e. The van der Waals surface area contributed by atoms with Crippen LogP contribution in [0.4, 0.5) is 0 Å². The number of rotatable bonds is 4. The van der Waals surface area contributed by atoms with Crippen LogP contribution in [0.1, 0.15) is 20.3 Å². The van der Waals surface area contributed by atoms with E-state index in [1.54, 1.807) is 0 Å². The highest BCUT2D eigenvalue weighted by Gasteiger charge is 2.22. The van der Waals surface area contributed by atoms with Crippen LogP contribution in [0.2, 0.25) is 0 Å². The van der Waals surface area contributed by atoms with Crippen molar-refractivity contribution in [2.75, 3.05) is 31.6 Å². The van der Waals surface area contributed by atoms with E-state index in [4.69, 9.17) is 4.74 Å². The zero-order valence-corrected chi connectivity index (χ0v) is 10.2. The van der Waals surface area contributed by atoms with Crippen LogP contribution < -0.4 is 0 Å². The van der Waals surface area contributed by atoms with Gasteiger partial charge in [-0.15, -0.1) is 0 Å². The number of nitrogens with zero attached hydrogens (tertiary/aromatic N) is 1. The Hall–Kier alpha value is 0.400. The fraction of sp³-hybridized carbons (Fsp3) is 1.00. The van der Waals surface area contributed by atoms with Crippen LogP contribution in [-0.2, 0) is 4.74 Å². The lowest BCUT2D eigenvalue weighted by Crippen LogP contribution is -2.48. The quantitative estimate of drug-likeness (QED) is 0.709. The number of hydrogen-bond acceptors (Lipinski definition) is 2. The number of morpholine rings is 1. The van der Waals surface area contributed by atoms with Gasteiger partial charge in [-0.05, 0) is 5.92 Å². The summed E-state index contributed by atoms with van der Waals surface area (Å²) in [6.45, 7) is 8.69. The summed E-state index contributed by atoms with van der Waals surface area (Å²) in [6.07, 6.45) is 1.27. The number of halogens is 1. The second-order valence-corrected chi connectivity index (χ2v) is 4.54. The predicted molar refractivity (Wildman–Crippen MR) is 59.4 cm³/mol. The van der Waals surface area contributed by atoms with Gasteiger partial charge in [0, 0.05) is 24.5 Å². The maximum atomic E-state index is 5.45. The molecule has 1 saturated heterocycles. The van der Waals surface area contributed by atoms with Crippen LogP contribution in [0.25, 0.3) is 0 Å². The monoisotopic (exact) mass is 249 g/mol. The molecule has 1 aliphatic heterocycles. The zero-order valence-electron chi connectivity index (χ0n) is 8.63. The molecule has 0 aromatic rings. The molecule has 0 radical (unpaired) electrons. The van der Waals surface area contributed by atoms with Gasteiger partial charge in [0.25, 0.3) is 0 Å². The minimum atomic E-state index is 0.586. The first-order valence-electron chi connectivity index (χ1n) is 5.15. The van der Waals surface area contributed by atoms with E-state index in [2.05, 4.69) is 34.7 Å². The molecule has 1 heterocycles. The average Bonchev–Trinajstić information content (AvgIpc) is 2.18. The van der Waals surface area contributed by atoms with Crippen molar-refractivity contribution < 1.29 is 4.74 Å². The molecule has 0 aliphatic carbocycles. The van der Waals surface area contributed by atoms with Crippen molar-refractivity contribution >= 4 is 15.9 Å². The van der Waals surface area contributed by atoms with Gasteiger partial charge in [0.05, 0.1) is 13.2 Å². The Morgan fingerprint density at radius 3 is 3.00 bits per heavy atom. The Morgan fingerprint density at radius 2 is 2.38 bits per heavy atom. The molecule has 1 aliphatic rings. The van der Waals surface area contributed by atoms with Crippen molar-refractivity contribution in [3.8, 4) is 0 Å². The first-order valence-corrected chi connectivity index (χ1v) is 6.27. The van der Waals surface area contributed by atoms with Gasteiger partial charge in [-0.2, -0.15) is 0 Å². The number of alkyl halides is 1. The largest absolute Gasteiger partial charge is 0.378 e. The van der Waals surface area contributed by atoms with E-state index >= 15 is 0 Å². The summed E-state index contributed by atoms with van der Waals surface area (Å²) in [5.41, 5.74) is 0. The lowest BCUT2D eigenvalue weighted by Gasteiger charge is -2.36. The third-order valence-electron chi connectivity index (χ3n) is 2.77. The van der Waals surface area contributed by atoms with E-state index < -0.39 is 0 Å². The minimum absolute atomic E-state index is 0.586. The topological polar surface area (TPSA) is 12.5 Å². The molecular weight excluding hydrogens is 230 g/mol. The molecule has 13 heavy (non-hydrogen) atoms. The van der Waals surface area contributed by atoms with Gasteiger partial charge in [0.1, 0.15) is 0 Å². The Kier molecular flexibility index (Phi) is 5.29. The first-order chi connectivity index (χ1) is 6.27. The van der Waals surface area contributed by atoms with Crippen molar-refractivity contribution in [2.24, 2.45) is 5.92 Å². The fourth-order valence-corrected chi connectivity index (χ4v) is 2.20. The molecule has 0 bridgehead atoms. The maximum absolute atomic E-state index is 5.45. The summed E-state index contributed by atoms with van der Waals surface area (Å²) in [5.74, 6) is 0.805. The molecule has 0 saturated carbocycles. The highest BCUT2D eigenvalue weighted by atomic mass is 79.9. The lowest BCUT2D eigenvalue weighted by molar-refractivity contribution is -0.00416. The van der Waals surface area contributed by atoms with E-state index in [9.17, 15) is 0 Å². The van der Waals surface area contributed by atoms with Crippen LogP contribution in [0.15, 0.2) is 0 Å². The van der Waals surface area contributed by atoms with Gasteiger partial charge < -0.3 is 4.74 Å². The van der Waals surface area contributed by atoms with Crippen LogP contribution in [0.5, 0.6) is 0 Å². The normalized spacial score (nSPS) is 27.5. The van der Waals surface area contributed by atoms with Crippen molar-refractivity contribution in [1.29, 1.82) is 0 Å². The summed E-state index contributed by atoms with van der Waals surface area (Å²) in [7, 11) is 0. The van der Waals surface area contributed by atoms with Gasteiger partial charge in [-0.25, -0.2) is 0 Å². The van der Waals surface area contributed by atoms with E-state index in [0.717, 1.165) is 31.0 Å². The highest BCUT2D eigenvalue weighted by molar-refractivity contribution is 9.09. The SMILES string of the molecule is CCC(C)CN1CCOCC1CBr. The highest BCUT2D eigenvalue weighted by Crippen LogP contribution is 2.13. The van der Waals surface area contributed by atoms with Gasteiger partial charge in [0.2, 0.25) is 0 Å². The number of ether oxygens (including phenoxy) is 1. The van der Waals surface area contributed by atoms with Gasteiger partial charge in [-0.1, -0.05) is 36.2 Å². The Labute approximate surface area is 89.8 Å². The molecule has 3 heteroatoms. The molecule has 2 nitrogen and oxygen atoms in total. The van der Waals surface area contributed by atoms with E-state index in [-0.39, 0.29) is 0 Å². The second-order valence-electron chi connectivity index (χ2n) is 3.89. The molecular formula is C10H20BrNO. The zero-order chi connectivity index (χ0) is 9.68. The molecule has 0 amide bonds. The molecule has 0 aromatic carbocycles. The summed E-state index contributed by atoms with van der Waals surface area (Å²) < 4.78 is 5.45. The van der Waals surface area contributed by atoms with Crippen molar-refractivity contribution in [3.05, 3.63) is 0 Å². The molecule has 78 valence electrons. The van der Waals surface area contributed by atoms with Crippen molar-refractivity contribution in [3.63, 3.8) is 0 Å². The minimum Gasteiger partial charge on any atom is -0.378 e. The molecule has 1 fully saturated rings. The molecule has 0 N–H and O–H groups in total. The van der Waals surface area contributed by atoms with E-state index in [1.165, 1.54) is 13.0 Å². The second kappa shape index (κ2) is 5.99. The Morgan fingerprint density at radius 1 is 1.62 bits per heavy atom. The van der Waals surface area contributed by atoms with Crippen molar-refractivity contribution in [1.82, 2.24) is 4.90 Å². The van der Waals surface area contributed by atoms with Crippen molar-refractivity contribution in [2.45, 2.75) is 26.3 Å². The summed E-state index contributed by atoms with van der Waals surface area (Å²) >= 11 is 3.54. The lowest BCUT2D eigenvalue weighted by atomic mass is 10.1. The molecule has 0 spiro atoms. The average molecular weight is 250 g/mol. The summed E-state index contributed by atoms with van der Waals surface area (Å²) in [5, 5.41) is 1.03. The van der Waals surface area contributed by atoms with Crippen LogP contribution in [0.3, 0.4) is 0 Å². The first kappa shape index (κ1) is 11.5. The standard InChI is InChI=1S/C10H20BrNO/c1-3-9(2)7-12-4-5-13-8-10(12)6-11/h9-10H,3-8H2,1-2H3. The third-order valence-corrected chi connectivity index (χ3v) is 3.52. The third kappa shape index (κ3) is 3.56. The van der Waals surface area contributed by atoms with Crippen LogP contribution in [-0.4, -0.2) is 42.6 Å². The summed E-state index contributed by atoms with van der Waals surface area (Å²) in [4.78, 5) is 2.55. The Balaban J connectivity index is 2.35. The van der Waals surface area contributed by atoms with Crippen LogP contribution in [0, 0.1) is 5.92 Å². The van der Waals surface area contributed by atoms with Gasteiger partial charge in [0.15, 0.2) is 0 Å². The maximum Gasteiger partial charge on any atom is 0.0630 e. The van der Waals surface area contributed by atoms with Crippen LogP contribution >= 0.6 is 15.9 Å². The fourth-order valence-electron chi connectivity index (χ4n) is 1.60. The molecule has 2 unspecified atom stereocenters. The molecule has 2 atom stereocenters. The van der Waals surface area contributed by atoms with E-state index in [0.29, 0.717) is 6.04 Å². The van der Waals surface area contributed by atoms with Gasteiger partial charge in [-0.3, -0.25) is 4.90 Å². The number of hydrogen-bond donors (Lipinski definition) is 0. The predicted octanol–water partition coefficient (Wildman–Crippen LogP) is 2.13. The molecule has 1 rings (SSSR count).